The van der Waals surface area contributed by atoms with E-state index in [0.717, 1.165) is 6.54 Å². The SMILES string of the molecule is CC(C)NCCc1nnc(-c2cccc(F)c2Cl)o1. The summed E-state index contributed by atoms with van der Waals surface area (Å²) in [5.74, 6) is 0.243. The van der Waals surface area contributed by atoms with Crippen LogP contribution in [0.15, 0.2) is 22.6 Å². The standard InChI is InChI=1S/C13H15ClFN3O/c1-8(2)16-7-6-11-17-18-13(19-11)9-4-3-5-10(15)12(9)14/h3-5,8,16H,6-7H2,1-2H3. The molecule has 1 aromatic heterocycles. The van der Waals surface area contributed by atoms with Gasteiger partial charge in [-0.3, -0.25) is 0 Å². The minimum Gasteiger partial charge on any atom is -0.421 e. The van der Waals surface area contributed by atoms with E-state index >= 15 is 0 Å². The van der Waals surface area contributed by atoms with Crippen LogP contribution in [0, 0.1) is 5.82 Å². The van der Waals surface area contributed by atoms with Crippen LogP contribution in [-0.2, 0) is 6.42 Å². The van der Waals surface area contributed by atoms with Crippen LogP contribution < -0.4 is 5.32 Å². The highest BCUT2D eigenvalue weighted by Gasteiger charge is 2.14. The van der Waals surface area contributed by atoms with Gasteiger partial charge in [-0.25, -0.2) is 4.39 Å². The van der Waals surface area contributed by atoms with Gasteiger partial charge in [0.2, 0.25) is 11.8 Å². The summed E-state index contributed by atoms with van der Waals surface area (Å²) >= 11 is 5.87. The lowest BCUT2D eigenvalue weighted by Crippen LogP contribution is -2.25. The Labute approximate surface area is 116 Å². The zero-order valence-corrected chi connectivity index (χ0v) is 11.5. The third-order valence-electron chi connectivity index (χ3n) is 2.54. The molecule has 1 aromatic carbocycles. The fraction of sp³-hybridized carbons (Fsp3) is 0.385. The Balaban J connectivity index is 2.10. The van der Waals surface area contributed by atoms with Gasteiger partial charge >= 0.3 is 0 Å². The van der Waals surface area contributed by atoms with Gasteiger partial charge in [-0.15, -0.1) is 10.2 Å². The van der Waals surface area contributed by atoms with Gasteiger partial charge in [0.15, 0.2) is 0 Å². The lowest BCUT2D eigenvalue weighted by Gasteiger charge is -2.04. The predicted molar refractivity (Wildman–Crippen MR) is 71.5 cm³/mol. The zero-order valence-electron chi connectivity index (χ0n) is 10.8. The van der Waals surface area contributed by atoms with Gasteiger partial charge in [0.05, 0.1) is 10.6 Å². The van der Waals surface area contributed by atoms with E-state index in [4.69, 9.17) is 16.0 Å². The minimum atomic E-state index is -0.500. The summed E-state index contributed by atoms with van der Waals surface area (Å²) in [6.07, 6.45) is 0.623. The topological polar surface area (TPSA) is 51.0 Å². The van der Waals surface area contributed by atoms with E-state index in [1.807, 2.05) is 0 Å². The number of halogens is 2. The molecule has 2 aromatic rings. The van der Waals surface area contributed by atoms with Crippen molar-refractivity contribution in [3.63, 3.8) is 0 Å². The van der Waals surface area contributed by atoms with Crippen molar-refractivity contribution in [2.75, 3.05) is 6.54 Å². The van der Waals surface area contributed by atoms with Gasteiger partial charge in [-0.05, 0) is 12.1 Å². The van der Waals surface area contributed by atoms with Gasteiger partial charge in [0.1, 0.15) is 5.82 Å². The number of nitrogens with zero attached hydrogens (tertiary/aromatic N) is 2. The maximum absolute atomic E-state index is 13.3. The van der Waals surface area contributed by atoms with E-state index < -0.39 is 5.82 Å². The number of rotatable bonds is 5. The number of benzene rings is 1. The molecule has 0 amide bonds. The average Bonchev–Trinajstić information content (AvgIpc) is 2.81. The van der Waals surface area contributed by atoms with Crippen molar-refractivity contribution < 1.29 is 8.81 Å². The van der Waals surface area contributed by atoms with E-state index in [9.17, 15) is 4.39 Å². The Bertz CT molecular complexity index is 557. The Hall–Kier alpha value is -1.46. The molecule has 0 aliphatic carbocycles. The van der Waals surface area contributed by atoms with Crippen LogP contribution in [0.25, 0.3) is 11.5 Å². The summed E-state index contributed by atoms with van der Waals surface area (Å²) in [6, 6.07) is 4.89. The molecular weight excluding hydrogens is 269 g/mol. The van der Waals surface area contributed by atoms with E-state index in [-0.39, 0.29) is 10.9 Å². The van der Waals surface area contributed by atoms with E-state index in [2.05, 4.69) is 29.4 Å². The van der Waals surface area contributed by atoms with Gasteiger partial charge in [0, 0.05) is 19.0 Å². The van der Waals surface area contributed by atoms with Crippen molar-refractivity contribution in [2.45, 2.75) is 26.3 Å². The molecule has 0 saturated heterocycles. The molecule has 102 valence electrons. The molecule has 0 unspecified atom stereocenters. The Morgan fingerprint density at radius 1 is 1.37 bits per heavy atom. The first-order valence-corrected chi connectivity index (χ1v) is 6.46. The van der Waals surface area contributed by atoms with Gasteiger partial charge in [-0.1, -0.05) is 31.5 Å². The van der Waals surface area contributed by atoms with Gasteiger partial charge in [0.25, 0.3) is 0 Å². The van der Waals surface area contributed by atoms with Crippen LogP contribution in [0.2, 0.25) is 5.02 Å². The molecule has 1 N–H and O–H groups in total. The molecule has 2 rings (SSSR count). The van der Waals surface area contributed by atoms with Crippen LogP contribution in [-0.4, -0.2) is 22.8 Å². The third kappa shape index (κ3) is 3.52. The number of hydrogen-bond acceptors (Lipinski definition) is 4. The maximum atomic E-state index is 13.3. The molecule has 0 aliphatic heterocycles. The highest BCUT2D eigenvalue weighted by atomic mass is 35.5. The van der Waals surface area contributed by atoms with Crippen molar-refractivity contribution in [1.82, 2.24) is 15.5 Å². The molecule has 0 atom stereocenters. The lowest BCUT2D eigenvalue weighted by atomic mass is 10.2. The summed E-state index contributed by atoms with van der Waals surface area (Å²) in [5.41, 5.74) is 0.414. The molecule has 0 spiro atoms. The molecule has 0 radical (unpaired) electrons. The second-order valence-corrected chi connectivity index (χ2v) is 4.84. The van der Waals surface area contributed by atoms with Crippen LogP contribution in [0.5, 0.6) is 0 Å². The summed E-state index contributed by atoms with van der Waals surface area (Å²) in [7, 11) is 0. The van der Waals surface area contributed by atoms with E-state index in [1.54, 1.807) is 12.1 Å². The highest BCUT2D eigenvalue weighted by Crippen LogP contribution is 2.28. The third-order valence-corrected chi connectivity index (χ3v) is 2.92. The Morgan fingerprint density at radius 3 is 2.89 bits per heavy atom. The smallest absolute Gasteiger partial charge is 0.249 e. The molecule has 6 heteroatoms. The maximum Gasteiger partial charge on any atom is 0.249 e. The zero-order chi connectivity index (χ0) is 13.8. The molecule has 0 fully saturated rings. The molecular formula is C13H15ClFN3O. The summed E-state index contributed by atoms with van der Waals surface area (Å²) in [6.45, 7) is 4.87. The summed E-state index contributed by atoms with van der Waals surface area (Å²) < 4.78 is 18.8. The van der Waals surface area contributed by atoms with Crippen molar-refractivity contribution in [3.05, 3.63) is 34.9 Å². The average molecular weight is 284 g/mol. The van der Waals surface area contributed by atoms with Crippen LogP contribution >= 0.6 is 11.6 Å². The first kappa shape index (κ1) is 14.0. The molecule has 4 nitrogen and oxygen atoms in total. The quantitative estimate of drug-likeness (QED) is 0.916. The fourth-order valence-corrected chi connectivity index (χ4v) is 1.81. The lowest BCUT2D eigenvalue weighted by molar-refractivity contribution is 0.484. The first-order valence-electron chi connectivity index (χ1n) is 6.08. The second kappa shape index (κ2) is 6.12. The molecule has 19 heavy (non-hydrogen) atoms. The normalized spacial score (nSPS) is 11.2. The van der Waals surface area contributed by atoms with Crippen LogP contribution in [0.4, 0.5) is 4.39 Å². The minimum absolute atomic E-state index is 0.00185. The predicted octanol–water partition coefficient (Wildman–Crippen LogP) is 3.07. The number of aromatic nitrogens is 2. The van der Waals surface area contributed by atoms with Crippen molar-refractivity contribution in [1.29, 1.82) is 0 Å². The second-order valence-electron chi connectivity index (χ2n) is 4.46. The molecule has 1 heterocycles. The Morgan fingerprint density at radius 2 is 2.16 bits per heavy atom. The molecule has 0 aliphatic rings. The Kier molecular flexibility index (Phi) is 4.50. The molecule has 0 bridgehead atoms. The van der Waals surface area contributed by atoms with Crippen LogP contribution in [0.3, 0.4) is 0 Å². The van der Waals surface area contributed by atoms with E-state index in [1.165, 1.54) is 6.07 Å². The first-order chi connectivity index (χ1) is 9.08. The molecule has 0 saturated carbocycles. The van der Waals surface area contributed by atoms with Crippen LogP contribution in [0.1, 0.15) is 19.7 Å². The van der Waals surface area contributed by atoms with Gasteiger partial charge < -0.3 is 9.73 Å². The number of nitrogens with one attached hydrogen (secondary N) is 1. The monoisotopic (exact) mass is 283 g/mol. The van der Waals surface area contributed by atoms with Crippen molar-refractivity contribution in [3.8, 4) is 11.5 Å². The van der Waals surface area contributed by atoms with Crippen molar-refractivity contribution in [2.24, 2.45) is 0 Å². The number of hydrogen-bond donors (Lipinski definition) is 1. The van der Waals surface area contributed by atoms with E-state index in [0.29, 0.717) is 23.9 Å². The van der Waals surface area contributed by atoms with Gasteiger partial charge in [-0.2, -0.15) is 0 Å². The highest BCUT2D eigenvalue weighted by molar-refractivity contribution is 6.33. The van der Waals surface area contributed by atoms with Crippen molar-refractivity contribution >= 4 is 11.6 Å². The summed E-state index contributed by atoms with van der Waals surface area (Å²) in [4.78, 5) is 0. The summed E-state index contributed by atoms with van der Waals surface area (Å²) in [5, 5.41) is 11.1. The fourth-order valence-electron chi connectivity index (χ4n) is 1.60. The largest absolute Gasteiger partial charge is 0.421 e.